The molecule has 1 aromatic rings. The lowest BCUT2D eigenvalue weighted by atomic mass is 10.1. The normalized spacial score (nSPS) is 17.2. The topological polar surface area (TPSA) is 20.2 Å². The van der Waals surface area contributed by atoms with E-state index in [1.54, 1.807) is 11.3 Å². The smallest absolute Gasteiger partial charge is 0.388 e. The van der Waals surface area contributed by atoms with E-state index in [1.807, 2.05) is 6.07 Å². The number of halogens is 3. The van der Waals surface area contributed by atoms with E-state index in [0.717, 1.165) is 24.1 Å². The van der Waals surface area contributed by atoms with Crippen LogP contribution in [0.25, 0.3) is 0 Å². The van der Waals surface area contributed by atoms with Gasteiger partial charge in [0.15, 0.2) is 0 Å². The molecule has 1 aliphatic carbocycles. The van der Waals surface area contributed by atoms with Crippen LogP contribution in [-0.4, -0.2) is 11.3 Å². The zero-order valence-electron chi connectivity index (χ0n) is 9.39. The number of hydrogen-bond donors (Lipinski definition) is 1. The van der Waals surface area contributed by atoms with Crippen molar-refractivity contribution in [3.05, 3.63) is 21.4 Å². The van der Waals surface area contributed by atoms with Crippen molar-refractivity contribution in [2.75, 3.05) is 0 Å². The minimum atomic E-state index is -4.11. The quantitative estimate of drug-likeness (QED) is 0.871. The predicted octanol–water partition coefficient (Wildman–Crippen LogP) is 4.00. The molecule has 0 bridgehead atoms. The predicted molar refractivity (Wildman–Crippen MR) is 61.2 cm³/mol. The average Bonchev–Trinajstić information content (AvgIpc) is 2.73. The average molecular weight is 264 g/mol. The maximum atomic E-state index is 12.0. The third kappa shape index (κ3) is 3.45. The molecule has 96 valence electrons. The van der Waals surface area contributed by atoms with Crippen LogP contribution in [0.4, 0.5) is 13.2 Å². The molecular formula is C12H15F3OS. The van der Waals surface area contributed by atoms with Crippen LogP contribution < -0.4 is 0 Å². The summed E-state index contributed by atoms with van der Waals surface area (Å²) in [7, 11) is 0. The number of thiophene rings is 1. The molecule has 1 nitrogen and oxygen atoms in total. The van der Waals surface area contributed by atoms with E-state index >= 15 is 0 Å². The van der Waals surface area contributed by atoms with Crippen LogP contribution in [0, 0.1) is 0 Å². The Bertz CT molecular complexity index is 362. The summed E-state index contributed by atoms with van der Waals surface area (Å²) in [6.07, 6.45) is -2.21. The van der Waals surface area contributed by atoms with Crippen molar-refractivity contribution in [3.8, 4) is 0 Å². The van der Waals surface area contributed by atoms with Crippen LogP contribution in [-0.2, 0) is 12.8 Å². The lowest BCUT2D eigenvalue weighted by Gasteiger charge is -2.10. The van der Waals surface area contributed by atoms with Gasteiger partial charge < -0.3 is 5.11 Å². The van der Waals surface area contributed by atoms with Gasteiger partial charge in [-0.15, -0.1) is 11.3 Å². The third-order valence-electron chi connectivity index (χ3n) is 3.03. The van der Waals surface area contributed by atoms with Crippen molar-refractivity contribution in [3.63, 3.8) is 0 Å². The molecule has 17 heavy (non-hydrogen) atoms. The molecule has 1 aromatic heterocycles. The summed E-state index contributed by atoms with van der Waals surface area (Å²) in [5, 5.41) is 9.82. The molecule has 1 unspecified atom stereocenters. The first-order valence-electron chi connectivity index (χ1n) is 5.82. The molecule has 5 heteroatoms. The van der Waals surface area contributed by atoms with Crippen molar-refractivity contribution in [2.45, 2.75) is 50.8 Å². The summed E-state index contributed by atoms with van der Waals surface area (Å²) < 4.78 is 35.9. The number of rotatable bonds is 4. The van der Waals surface area contributed by atoms with E-state index in [0.29, 0.717) is 0 Å². The van der Waals surface area contributed by atoms with Gasteiger partial charge in [-0.25, -0.2) is 0 Å². The fraction of sp³-hybridized carbons (Fsp3) is 0.667. The Morgan fingerprint density at radius 3 is 2.76 bits per heavy atom. The highest BCUT2D eigenvalue weighted by Crippen LogP contribution is 2.35. The number of aryl methyl sites for hydroxylation is 2. The summed E-state index contributed by atoms with van der Waals surface area (Å²) in [6.45, 7) is 0. The van der Waals surface area contributed by atoms with Gasteiger partial charge in [-0.3, -0.25) is 0 Å². The van der Waals surface area contributed by atoms with Crippen molar-refractivity contribution in [2.24, 2.45) is 0 Å². The Kier molecular flexibility index (Phi) is 3.78. The summed E-state index contributed by atoms with van der Waals surface area (Å²) in [4.78, 5) is 2.13. The second-order valence-corrected chi connectivity index (χ2v) is 5.64. The zero-order chi connectivity index (χ0) is 12.5. The molecule has 1 N–H and O–H groups in total. The van der Waals surface area contributed by atoms with E-state index in [4.69, 9.17) is 0 Å². The fourth-order valence-electron chi connectivity index (χ4n) is 2.15. The number of fused-ring (bicyclic) bond motifs is 1. The number of aliphatic hydroxyl groups excluding tert-OH is 1. The van der Waals surface area contributed by atoms with Gasteiger partial charge in [-0.2, -0.15) is 13.2 Å². The molecule has 0 fully saturated rings. The van der Waals surface area contributed by atoms with Gasteiger partial charge in [-0.1, -0.05) is 0 Å². The molecule has 0 aliphatic heterocycles. The highest BCUT2D eigenvalue weighted by Gasteiger charge is 2.27. The Morgan fingerprint density at radius 2 is 2.12 bits per heavy atom. The van der Waals surface area contributed by atoms with Gasteiger partial charge in [0, 0.05) is 16.2 Å². The highest BCUT2D eigenvalue weighted by atomic mass is 32.1. The van der Waals surface area contributed by atoms with E-state index in [2.05, 4.69) is 0 Å². The van der Waals surface area contributed by atoms with Gasteiger partial charge >= 0.3 is 6.18 Å². The Balaban J connectivity index is 1.85. The fourth-order valence-corrected chi connectivity index (χ4v) is 3.43. The first-order chi connectivity index (χ1) is 7.96. The molecule has 0 saturated heterocycles. The highest BCUT2D eigenvalue weighted by molar-refractivity contribution is 7.12. The summed E-state index contributed by atoms with van der Waals surface area (Å²) in [5.74, 6) is 0. The SMILES string of the molecule is OC(CCCC(F)(F)F)c1cc2c(s1)CCC2. The Hall–Kier alpha value is -0.550. The molecule has 0 spiro atoms. The van der Waals surface area contributed by atoms with Crippen molar-refractivity contribution >= 4 is 11.3 Å². The number of alkyl halides is 3. The molecule has 2 rings (SSSR count). The van der Waals surface area contributed by atoms with E-state index in [9.17, 15) is 18.3 Å². The standard InChI is InChI=1S/C12H15F3OS/c13-12(14,15)6-2-4-9(16)11-7-8-3-1-5-10(8)17-11/h7,9,16H,1-6H2. The maximum Gasteiger partial charge on any atom is 0.389 e. The monoisotopic (exact) mass is 264 g/mol. The first-order valence-corrected chi connectivity index (χ1v) is 6.63. The summed E-state index contributed by atoms with van der Waals surface area (Å²) in [6, 6.07) is 1.96. The minimum Gasteiger partial charge on any atom is -0.388 e. The molecule has 1 heterocycles. The summed E-state index contributed by atoms with van der Waals surface area (Å²) >= 11 is 1.56. The van der Waals surface area contributed by atoms with Gasteiger partial charge in [0.05, 0.1) is 6.10 Å². The molecular weight excluding hydrogens is 249 g/mol. The zero-order valence-corrected chi connectivity index (χ0v) is 10.2. The van der Waals surface area contributed by atoms with Gasteiger partial charge in [0.2, 0.25) is 0 Å². The van der Waals surface area contributed by atoms with Gasteiger partial charge in [0.25, 0.3) is 0 Å². The number of hydrogen-bond acceptors (Lipinski definition) is 2. The van der Waals surface area contributed by atoms with Crippen LogP contribution >= 0.6 is 11.3 Å². The second-order valence-electron chi connectivity index (χ2n) is 4.47. The van der Waals surface area contributed by atoms with Gasteiger partial charge in [-0.05, 0) is 43.7 Å². The number of aliphatic hydroxyl groups is 1. The van der Waals surface area contributed by atoms with E-state index < -0.39 is 18.7 Å². The molecule has 0 radical (unpaired) electrons. The molecule has 0 aromatic carbocycles. The van der Waals surface area contributed by atoms with Crippen molar-refractivity contribution in [1.29, 1.82) is 0 Å². The molecule has 1 aliphatic rings. The molecule has 1 atom stereocenters. The first kappa shape index (κ1) is 12.9. The Labute approximate surface area is 102 Å². The van der Waals surface area contributed by atoms with Crippen LogP contribution in [0.3, 0.4) is 0 Å². The summed E-state index contributed by atoms with van der Waals surface area (Å²) in [5.41, 5.74) is 1.28. The van der Waals surface area contributed by atoms with Crippen LogP contribution in [0.1, 0.15) is 47.1 Å². The van der Waals surface area contributed by atoms with E-state index in [1.165, 1.54) is 10.4 Å². The second kappa shape index (κ2) is 4.98. The third-order valence-corrected chi connectivity index (χ3v) is 4.37. The lowest BCUT2D eigenvalue weighted by molar-refractivity contribution is -0.136. The van der Waals surface area contributed by atoms with Crippen LogP contribution in [0.2, 0.25) is 0 Å². The largest absolute Gasteiger partial charge is 0.389 e. The van der Waals surface area contributed by atoms with Crippen molar-refractivity contribution in [1.82, 2.24) is 0 Å². The van der Waals surface area contributed by atoms with E-state index in [-0.39, 0.29) is 12.8 Å². The van der Waals surface area contributed by atoms with Crippen molar-refractivity contribution < 1.29 is 18.3 Å². The Morgan fingerprint density at radius 1 is 1.35 bits per heavy atom. The van der Waals surface area contributed by atoms with Gasteiger partial charge in [0.1, 0.15) is 0 Å². The molecule has 0 amide bonds. The van der Waals surface area contributed by atoms with Crippen LogP contribution in [0.5, 0.6) is 0 Å². The lowest BCUT2D eigenvalue weighted by Crippen LogP contribution is -2.07. The minimum absolute atomic E-state index is 0.00671. The molecule has 0 saturated carbocycles. The maximum absolute atomic E-state index is 12.0. The van der Waals surface area contributed by atoms with Crippen LogP contribution in [0.15, 0.2) is 6.07 Å².